The van der Waals surface area contributed by atoms with Gasteiger partial charge in [0.2, 0.25) is 10.1 Å². The second kappa shape index (κ2) is 5.13. The van der Waals surface area contributed by atoms with Crippen LogP contribution in [0.3, 0.4) is 0 Å². The topological polar surface area (TPSA) is 75.9 Å². The first-order valence-corrected chi connectivity index (χ1v) is 6.16. The van der Waals surface area contributed by atoms with Gasteiger partial charge in [0.1, 0.15) is 5.82 Å². The summed E-state index contributed by atoms with van der Waals surface area (Å²) in [6.07, 6.45) is 3.55. The third kappa shape index (κ3) is 2.48. The minimum Gasteiger partial charge on any atom is -0.363 e. The van der Waals surface area contributed by atoms with E-state index in [0.717, 1.165) is 5.82 Å². The van der Waals surface area contributed by atoms with Gasteiger partial charge in [-0.15, -0.1) is 10.2 Å². The Bertz CT molecular complexity index is 548. The van der Waals surface area contributed by atoms with Gasteiger partial charge in [-0.2, -0.15) is 0 Å². The van der Waals surface area contributed by atoms with Gasteiger partial charge < -0.3 is 14.8 Å². The Morgan fingerprint density at radius 1 is 1.56 bits per heavy atom. The minimum absolute atomic E-state index is 0.156. The molecule has 96 valence electrons. The van der Waals surface area contributed by atoms with Crippen LogP contribution in [0.15, 0.2) is 12.4 Å². The fourth-order valence-electron chi connectivity index (χ4n) is 1.41. The van der Waals surface area contributed by atoms with Gasteiger partial charge >= 0.3 is 0 Å². The van der Waals surface area contributed by atoms with Crippen LogP contribution in [0.2, 0.25) is 0 Å². The smallest absolute Gasteiger partial charge is 0.285 e. The van der Waals surface area contributed by atoms with E-state index in [4.69, 9.17) is 0 Å². The number of carbonyl (C=O) groups excluding carboxylic acids is 1. The molecule has 0 saturated heterocycles. The molecule has 2 heterocycles. The van der Waals surface area contributed by atoms with Crippen molar-refractivity contribution >= 4 is 22.4 Å². The molecule has 0 aliphatic rings. The molecular formula is C10H14N6OS. The Hall–Kier alpha value is -1.96. The van der Waals surface area contributed by atoms with E-state index in [-0.39, 0.29) is 5.91 Å². The summed E-state index contributed by atoms with van der Waals surface area (Å²) in [6, 6.07) is 0. The van der Waals surface area contributed by atoms with E-state index < -0.39 is 0 Å². The lowest BCUT2D eigenvalue weighted by Crippen LogP contribution is -2.27. The van der Waals surface area contributed by atoms with Gasteiger partial charge in [-0.1, -0.05) is 11.3 Å². The number of nitrogens with zero attached hydrogens (tertiary/aromatic N) is 5. The highest BCUT2D eigenvalue weighted by atomic mass is 32.1. The molecule has 0 aliphatic heterocycles. The maximum absolute atomic E-state index is 12.1. The van der Waals surface area contributed by atoms with Crippen molar-refractivity contribution in [3.63, 3.8) is 0 Å². The maximum atomic E-state index is 12.1. The number of nitrogens with one attached hydrogen (secondary N) is 1. The van der Waals surface area contributed by atoms with Gasteiger partial charge in [-0.3, -0.25) is 4.79 Å². The standard InChI is InChI=1S/C10H14N6OS/c1-11-10-14-13-8(18-10)9(17)16(3)6-7-12-4-5-15(7)2/h4-5H,6H2,1-3H3,(H,11,14). The molecule has 2 aromatic heterocycles. The number of aryl methyl sites for hydroxylation is 1. The summed E-state index contributed by atoms with van der Waals surface area (Å²) in [4.78, 5) is 17.8. The number of hydrogen-bond donors (Lipinski definition) is 1. The zero-order chi connectivity index (χ0) is 13.1. The SMILES string of the molecule is CNc1nnc(C(=O)N(C)Cc2nccn2C)s1. The van der Waals surface area contributed by atoms with Gasteiger partial charge in [-0.25, -0.2) is 4.98 Å². The third-order valence-electron chi connectivity index (χ3n) is 2.47. The maximum Gasteiger partial charge on any atom is 0.285 e. The second-order valence-corrected chi connectivity index (χ2v) is 4.76. The van der Waals surface area contributed by atoms with Gasteiger partial charge in [0.05, 0.1) is 6.54 Å². The Kier molecular flexibility index (Phi) is 3.56. The molecular weight excluding hydrogens is 252 g/mol. The van der Waals surface area contributed by atoms with Gasteiger partial charge in [0.15, 0.2) is 0 Å². The van der Waals surface area contributed by atoms with Crippen LogP contribution >= 0.6 is 11.3 Å². The molecule has 0 fully saturated rings. The van der Waals surface area contributed by atoms with Crippen molar-refractivity contribution in [1.82, 2.24) is 24.6 Å². The monoisotopic (exact) mass is 266 g/mol. The van der Waals surface area contributed by atoms with E-state index in [1.54, 1.807) is 25.2 Å². The molecule has 18 heavy (non-hydrogen) atoms. The average molecular weight is 266 g/mol. The molecule has 0 radical (unpaired) electrons. The second-order valence-electron chi connectivity index (χ2n) is 3.78. The summed E-state index contributed by atoms with van der Waals surface area (Å²) < 4.78 is 1.88. The summed E-state index contributed by atoms with van der Waals surface area (Å²) in [7, 11) is 5.36. The predicted molar refractivity (Wildman–Crippen MR) is 68.5 cm³/mol. The Morgan fingerprint density at radius 3 is 2.89 bits per heavy atom. The minimum atomic E-state index is -0.156. The molecule has 0 aromatic carbocycles. The predicted octanol–water partition coefficient (Wildman–Crippen LogP) is 0.585. The first kappa shape index (κ1) is 12.5. The first-order valence-electron chi connectivity index (χ1n) is 5.34. The molecule has 1 amide bonds. The molecule has 0 saturated carbocycles. The number of imidazole rings is 1. The van der Waals surface area contributed by atoms with Gasteiger partial charge in [0.25, 0.3) is 5.91 Å². The Morgan fingerprint density at radius 2 is 2.33 bits per heavy atom. The van der Waals surface area contributed by atoms with Crippen LogP contribution in [0.25, 0.3) is 0 Å². The molecule has 2 rings (SSSR count). The molecule has 0 spiro atoms. The van der Waals surface area contributed by atoms with Crippen LogP contribution in [0.5, 0.6) is 0 Å². The van der Waals surface area contributed by atoms with Crippen molar-refractivity contribution in [2.45, 2.75) is 6.54 Å². The lowest BCUT2D eigenvalue weighted by Gasteiger charge is -2.14. The summed E-state index contributed by atoms with van der Waals surface area (Å²) in [5, 5.41) is 11.5. The molecule has 0 bridgehead atoms. The molecule has 0 atom stereocenters. The van der Waals surface area contributed by atoms with Crippen LogP contribution < -0.4 is 5.32 Å². The molecule has 8 heteroatoms. The van der Waals surface area contributed by atoms with Gasteiger partial charge in [0, 0.05) is 33.5 Å². The van der Waals surface area contributed by atoms with Crippen molar-refractivity contribution in [3.8, 4) is 0 Å². The Balaban J connectivity index is 2.07. The number of carbonyl (C=O) groups is 1. The highest BCUT2D eigenvalue weighted by molar-refractivity contribution is 7.17. The highest BCUT2D eigenvalue weighted by Gasteiger charge is 2.18. The zero-order valence-corrected chi connectivity index (χ0v) is 11.2. The normalized spacial score (nSPS) is 10.4. The summed E-state index contributed by atoms with van der Waals surface area (Å²) >= 11 is 1.23. The fourth-order valence-corrected chi connectivity index (χ4v) is 2.10. The molecule has 0 aliphatic carbocycles. The van der Waals surface area contributed by atoms with E-state index >= 15 is 0 Å². The lowest BCUT2D eigenvalue weighted by molar-refractivity contribution is 0.0779. The Labute approximate surface area is 108 Å². The van der Waals surface area contributed by atoms with E-state index in [9.17, 15) is 4.79 Å². The van der Waals surface area contributed by atoms with Crippen molar-refractivity contribution < 1.29 is 4.79 Å². The van der Waals surface area contributed by atoms with E-state index in [0.29, 0.717) is 16.7 Å². The van der Waals surface area contributed by atoms with E-state index in [1.807, 2.05) is 17.8 Å². The van der Waals surface area contributed by atoms with Crippen LogP contribution in [0, 0.1) is 0 Å². The molecule has 1 N–H and O–H groups in total. The summed E-state index contributed by atoms with van der Waals surface area (Å²) in [6.45, 7) is 0.441. The molecule has 0 unspecified atom stereocenters. The number of aromatic nitrogens is 4. The van der Waals surface area contributed by atoms with E-state index in [2.05, 4.69) is 20.5 Å². The third-order valence-corrected chi connectivity index (χ3v) is 3.40. The van der Waals surface area contributed by atoms with Crippen molar-refractivity contribution in [2.24, 2.45) is 7.05 Å². The summed E-state index contributed by atoms with van der Waals surface area (Å²) in [5.74, 6) is 0.668. The highest BCUT2D eigenvalue weighted by Crippen LogP contribution is 2.16. The average Bonchev–Trinajstić information content (AvgIpc) is 2.98. The van der Waals surface area contributed by atoms with Gasteiger partial charge in [-0.05, 0) is 0 Å². The quantitative estimate of drug-likeness (QED) is 0.876. The number of anilines is 1. The largest absolute Gasteiger partial charge is 0.363 e. The van der Waals surface area contributed by atoms with E-state index in [1.165, 1.54) is 11.3 Å². The number of amides is 1. The van der Waals surface area contributed by atoms with Crippen molar-refractivity contribution in [1.29, 1.82) is 0 Å². The van der Waals surface area contributed by atoms with Crippen LogP contribution in [0.4, 0.5) is 5.13 Å². The molecule has 2 aromatic rings. The van der Waals surface area contributed by atoms with Crippen LogP contribution in [-0.2, 0) is 13.6 Å². The van der Waals surface area contributed by atoms with Crippen LogP contribution in [0.1, 0.15) is 15.6 Å². The van der Waals surface area contributed by atoms with Crippen LogP contribution in [-0.4, -0.2) is 44.7 Å². The number of hydrogen-bond acceptors (Lipinski definition) is 6. The van der Waals surface area contributed by atoms with Crippen molar-refractivity contribution in [3.05, 3.63) is 23.2 Å². The zero-order valence-electron chi connectivity index (χ0n) is 10.4. The first-order chi connectivity index (χ1) is 8.61. The lowest BCUT2D eigenvalue weighted by atomic mass is 10.5. The fraction of sp³-hybridized carbons (Fsp3) is 0.400. The van der Waals surface area contributed by atoms with Crippen molar-refractivity contribution in [2.75, 3.05) is 19.4 Å². The summed E-state index contributed by atoms with van der Waals surface area (Å²) in [5.41, 5.74) is 0. The molecule has 7 nitrogen and oxygen atoms in total. The number of rotatable bonds is 4.